The van der Waals surface area contributed by atoms with Crippen LogP contribution in [0, 0.1) is 0 Å². The van der Waals surface area contributed by atoms with Crippen molar-refractivity contribution in [3.05, 3.63) is 66.6 Å². The summed E-state index contributed by atoms with van der Waals surface area (Å²) in [5, 5.41) is 4.16. The van der Waals surface area contributed by atoms with Gasteiger partial charge in [0, 0.05) is 31.3 Å². The number of anilines is 2. The number of thiazole rings is 1. The number of carbonyl (C=O) groups excluding carboxylic acids is 1. The standard InChI is InChI=1S/C23H20N4O3S/c28-15-23(9-13-29-14-10-23)20-21(25-12-11-24-20)30-17-7-5-16(6-8-17)26-22-27-18-3-1-2-4-19(18)31-22/h1-8,11-12,15H,9-10,13-14H2,(H,26,27). The zero-order chi connectivity index (χ0) is 21.1. The van der Waals surface area contributed by atoms with Crippen LogP contribution in [0.25, 0.3) is 10.2 Å². The van der Waals surface area contributed by atoms with Crippen LogP contribution in [0.2, 0.25) is 0 Å². The largest absolute Gasteiger partial charge is 0.437 e. The van der Waals surface area contributed by atoms with Crippen LogP contribution >= 0.6 is 11.3 Å². The van der Waals surface area contributed by atoms with Crippen molar-refractivity contribution in [2.75, 3.05) is 18.5 Å². The first-order chi connectivity index (χ1) is 15.3. The van der Waals surface area contributed by atoms with E-state index in [0.717, 1.165) is 27.3 Å². The van der Waals surface area contributed by atoms with Crippen molar-refractivity contribution in [1.82, 2.24) is 15.0 Å². The van der Waals surface area contributed by atoms with E-state index in [0.29, 0.717) is 43.4 Å². The summed E-state index contributed by atoms with van der Waals surface area (Å²) in [6.07, 6.45) is 5.25. The number of benzene rings is 2. The Morgan fingerprint density at radius 3 is 2.58 bits per heavy atom. The van der Waals surface area contributed by atoms with E-state index in [9.17, 15) is 4.79 Å². The van der Waals surface area contributed by atoms with E-state index >= 15 is 0 Å². The highest BCUT2D eigenvalue weighted by Crippen LogP contribution is 2.37. The van der Waals surface area contributed by atoms with Gasteiger partial charge in [0.25, 0.3) is 0 Å². The highest BCUT2D eigenvalue weighted by atomic mass is 32.1. The number of ether oxygens (including phenoxy) is 2. The number of hydrogen-bond donors (Lipinski definition) is 1. The third kappa shape index (κ3) is 3.99. The average Bonchev–Trinajstić information content (AvgIpc) is 3.23. The second-order valence-corrected chi connectivity index (χ2v) is 8.37. The molecule has 8 heteroatoms. The number of nitrogens with zero attached hydrogens (tertiary/aromatic N) is 3. The van der Waals surface area contributed by atoms with E-state index in [4.69, 9.17) is 9.47 Å². The lowest BCUT2D eigenvalue weighted by atomic mass is 9.78. The Labute approximate surface area is 183 Å². The molecule has 5 rings (SSSR count). The van der Waals surface area contributed by atoms with Crippen LogP contribution in [0.15, 0.2) is 60.9 Å². The minimum absolute atomic E-state index is 0.350. The summed E-state index contributed by atoms with van der Waals surface area (Å²) in [6, 6.07) is 15.6. The molecule has 1 saturated heterocycles. The SMILES string of the molecule is O=CC1(c2nccnc2Oc2ccc(Nc3nc4ccccc4s3)cc2)CCOCC1. The van der Waals surface area contributed by atoms with Gasteiger partial charge in [-0.1, -0.05) is 23.5 Å². The third-order valence-corrected chi connectivity index (χ3v) is 6.31. The summed E-state index contributed by atoms with van der Waals surface area (Å²) in [7, 11) is 0. The lowest BCUT2D eigenvalue weighted by Gasteiger charge is -2.31. The molecule has 0 aliphatic carbocycles. The Bertz CT molecular complexity index is 1170. The van der Waals surface area contributed by atoms with Gasteiger partial charge in [-0.2, -0.15) is 0 Å². The molecule has 0 bridgehead atoms. The summed E-state index contributed by atoms with van der Waals surface area (Å²) >= 11 is 1.60. The highest BCUT2D eigenvalue weighted by Gasteiger charge is 2.39. The molecule has 31 heavy (non-hydrogen) atoms. The van der Waals surface area contributed by atoms with Gasteiger partial charge < -0.3 is 19.6 Å². The quantitative estimate of drug-likeness (QED) is 0.435. The van der Waals surface area contributed by atoms with E-state index in [1.165, 1.54) is 0 Å². The van der Waals surface area contributed by atoms with Crippen molar-refractivity contribution >= 4 is 38.7 Å². The molecule has 0 unspecified atom stereocenters. The second-order valence-electron chi connectivity index (χ2n) is 7.33. The Hall–Kier alpha value is -3.36. The number of nitrogens with one attached hydrogen (secondary N) is 1. The van der Waals surface area contributed by atoms with Crippen molar-refractivity contribution in [2.24, 2.45) is 0 Å². The van der Waals surface area contributed by atoms with Crippen molar-refractivity contribution < 1.29 is 14.3 Å². The van der Waals surface area contributed by atoms with Crippen LogP contribution in [0.4, 0.5) is 10.8 Å². The Balaban J connectivity index is 1.35. The molecule has 2 aromatic carbocycles. The molecule has 2 aromatic heterocycles. The minimum atomic E-state index is -0.726. The second kappa shape index (κ2) is 8.41. The highest BCUT2D eigenvalue weighted by molar-refractivity contribution is 7.22. The number of aldehydes is 1. The van der Waals surface area contributed by atoms with Gasteiger partial charge in [-0.15, -0.1) is 0 Å². The number of hydrogen-bond acceptors (Lipinski definition) is 8. The Morgan fingerprint density at radius 2 is 1.81 bits per heavy atom. The molecule has 3 heterocycles. The summed E-state index contributed by atoms with van der Waals surface area (Å²) in [5.74, 6) is 0.966. The van der Waals surface area contributed by atoms with Crippen LogP contribution in [0.1, 0.15) is 18.5 Å². The molecule has 0 spiro atoms. The van der Waals surface area contributed by atoms with Crippen molar-refractivity contribution in [3.8, 4) is 11.6 Å². The number of para-hydroxylation sites is 1. The molecule has 156 valence electrons. The predicted octanol–water partition coefficient (Wildman–Crippen LogP) is 4.87. The Kier molecular flexibility index (Phi) is 5.31. The molecule has 0 atom stereocenters. The molecule has 0 radical (unpaired) electrons. The van der Waals surface area contributed by atoms with Gasteiger partial charge in [-0.05, 0) is 49.2 Å². The van der Waals surface area contributed by atoms with Crippen LogP contribution in [-0.4, -0.2) is 34.5 Å². The lowest BCUT2D eigenvalue weighted by Crippen LogP contribution is -2.36. The van der Waals surface area contributed by atoms with Crippen LogP contribution in [0.3, 0.4) is 0 Å². The molecule has 1 aliphatic rings. The maximum Gasteiger partial charge on any atom is 0.242 e. The maximum absolute atomic E-state index is 12.0. The van der Waals surface area contributed by atoms with Crippen LogP contribution < -0.4 is 10.1 Å². The zero-order valence-corrected chi connectivity index (χ0v) is 17.5. The predicted molar refractivity (Wildman–Crippen MR) is 119 cm³/mol. The zero-order valence-electron chi connectivity index (χ0n) is 16.7. The van der Waals surface area contributed by atoms with Crippen molar-refractivity contribution in [2.45, 2.75) is 18.3 Å². The van der Waals surface area contributed by atoms with Gasteiger partial charge in [-0.25, -0.2) is 9.97 Å². The molecular formula is C23H20N4O3S. The molecule has 0 amide bonds. The van der Waals surface area contributed by atoms with Gasteiger partial charge in [0.15, 0.2) is 5.13 Å². The first kappa shape index (κ1) is 19.6. The van der Waals surface area contributed by atoms with Gasteiger partial charge >= 0.3 is 0 Å². The summed E-state index contributed by atoms with van der Waals surface area (Å²) in [6.45, 7) is 1.03. The molecular weight excluding hydrogens is 412 g/mol. The molecule has 7 nitrogen and oxygen atoms in total. The number of fused-ring (bicyclic) bond motifs is 1. The van der Waals surface area contributed by atoms with Gasteiger partial charge in [-0.3, -0.25) is 4.98 Å². The lowest BCUT2D eigenvalue weighted by molar-refractivity contribution is -0.116. The first-order valence-electron chi connectivity index (χ1n) is 10.0. The van der Waals surface area contributed by atoms with E-state index in [1.807, 2.05) is 42.5 Å². The summed E-state index contributed by atoms with van der Waals surface area (Å²) in [5.41, 5.74) is 1.71. The van der Waals surface area contributed by atoms with Gasteiger partial charge in [0.2, 0.25) is 5.88 Å². The fourth-order valence-corrected chi connectivity index (χ4v) is 4.54. The topological polar surface area (TPSA) is 86.2 Å². The fourth-order valence-electron chi connectivity index (χ4n) is 3.65. The van der Waals surface area contributed by atoms with Crippen molar-refractivity contribution in [1.29, 1.82) is 0 Å². The van der Waals surface area contributed by atoms with Crippen LogP contribution in [0.5, 0.6) is 11.6 Å². The van der Waals surface area contributed by atoms with Crippen molar-refractivity contribution in [3.63, 3.8) is 0 Å². The number of carbonyl (C=O) groups is 1. The molecule has 1 fully saturated rings. The molecule has 1 N–H and O–H groups in total. The fraction of sp³-hybridized carbons (Fsp3) is 0.217. The number of aromatic nitrogens is 3. The van der Waals surface area contributed by atoms with E-state index in [-0.39, 0.29) is 0 Å². The average molecular weight is 433 g/mol. The molecule has 1 aliphatic heterocycles. The maximum atomic E-state index is 12.0. The Morgan fingerprint density at radius 1 is 1.03 bits per heavy atom. The van der Waals surface area contributed by atoms with Crippen LogP contribution in [-0.2, 0) is 14.9 Å². The van der Waals surface area contributed by atoms with E-state index in [1.54, 1.807) is 23.7 Å². The monoisotopic (exact) mass is 432 g/mol. The third-order valence-electron chi connectivity index (χ3n) is 5.36. The van der Waals surface area contributed by atoms with Gasteiger partial charge in [0.1, 0.15) is 17.7 Å². The minimum Gasteiger partial charge on any atom is -0.437 e. The van der Waals surface area contributed by atoms with E-state index in [2.05, 4.69) is 26.3 Å². The molecule has 4 aromatic rings. The molecule has 0 saturated carbocycles. The van der Waals surface area contributed by atoms with Gasteiger partial charge in [0.05, 0.1) is 15.6 Å². The smallest absolute Gasteiger partial charge is 0.242 e. The normalized spacial score (nSPS) is 15.5. The summed E-state index contributed by atoms with van der Waals surface area (Å²) in [4.78, 5) is 25.4. The number of rotatable bonds is 6. The first-order valence-corrected chi connectivity index (χ1v) is 10.8. The summed E-state index contributed by atoms with van der Waals surface area (Å²) < 4.78 is 12.6. The van der Waals surface area contributed by atoms with E-state index < -0.39 is 5.41 Å².